The molecular formula is C10H21N2-. The smallest absolute Gasteiger partial charge is 0.00991 e. The highest BCUT2D eigenvalue weighted by molar-refractivity contribution is 4.82. The van der Waals surface area contributed by atoms with Crippen LogP contribution in [0.2, 0.25) is 0 Å². The first-order valence-electron chi connectivity index (χ1n) is 4.80. The second-order valence-electron chi connectivity index (χ2n) is 4.79. The molecule has 0 bridgehead atoms. The van der Waals surface area contributed by atoms with Crippen LogP contribution in [0.3, 0.4) is 0 Å². The maximum Gasteiger partial charge on any atom is 0.00991 e. The molecule has 1 aliphatic rings. The first kappa shape index (κ1) is 10.0. The van der Waals surface area contributed by atoms with Crippen LogP contribution in [0, 0.1) is 7.05 Å². The van der Waals surface area contributed by atoms with Crippen LogP contribution in [0.5, 0.6) is 0 Å². The molecule has 0 unspecified atom stereocenters. The SMILES string of the molecule is [CH2-]N1CCC(NC(C)(C)C)CC1. The van der Waals surface area contributed by atoms with Crippen LogP contribution >= 0.6 is 0 Å². The molecule has 2 nitrogen and oxygen atoms in total. The molecule has 72 valence electrons. The summed E-state index contributed by atoms with van der Waals surface area (Å²) >= 11 is 0. The van der Waals surface area contributed by atoms with Gasteiger partial charge in [-0.3, -0.25) is 7.05 Å². The molecule has 1 saturated heterocycles. The summed E-state index contributed by atoms with van der Waals surface area (Å²) in [5.41, 5.74) is 0.258. The van der Waals surface area contributed by atoms with Crippen LogP contribution in [0.4, 0.5) is 0 Å². The van der Waals surface area contributed by atoms with Crippen molar-refractivity contribution in [3.63, 3.8) is 0 Å². The van der Waals surface area contributed by atoms with E-state index in [1.54, 1.807) is 0 Å². The molecule has 0 spiro atoms. The van der Waals surface area contributed by atoms with Gasteiger partial charge in [0.1, 0.15) is 0 Å². The summed E-state index contributed by atoms with van der Waals surface area (Å²) in [6.07, 6.45) is 2.47. The van der Waals surface area contributed by atoms with E-state index in [4.69, 9.17) is 0 Å². The Morgan fingerprint density at radius 2 is 1.75 bits per heavy atom. The van der Waals surface area contributed by atoms with Crippen molar-refractivity contribution in [1.82, 2.24) is 10.2 Å². The second-order valence-corrected chi connectivity index (χ2v) is 4.79. The Morgan fingerprint density at radius 1 is 1.25 bits per heavy atom. The third-order valence-electron chi connectivity index (χ3n) is 2.22. The van der Waals surface area contributed by atoms with Crippen LogP contribution in [-0.2, 0) is 0 Å². The fourth-order valence-electron chi connectivity index (χ4n) is 1.69. The van der Waals surface area contributed by atoms with E-state index in [0.29, 0.717) is 6.04 Å². The van der Waals surface area contributed by atoms with Gasteiger partial charge in [0.15, 0.2) is 0 Å². The molecule has 0 aliphatic carbocycles. The third kappa shape index (κ3) is 3.55. The number of piperidine rings is 1. The van der Waals surface area contributed by atoms with Crippen molar-refractivity contribution < 1.29 is 0 Å². The van der Waals surface area contributed by atoms with Crippen molar-refractivity contribution in [3.8, 4) is 0 Å². The molecule has 1 rings (SSSR count). The van der Waals surface area contributed by atoms with E-state index in [1.807, 2.05) is 0 Å². The average Bonchev–Trinajstić information content (AvgIpc) is 1.91. The van der Waals surface area contributed by atoms with Gasteiger partial charge >= 0.3 is 0 Å². The van der Waals surface area contributed by atoms with Crippen molar-refractivity contribution in [2.45, 2.75) is 45.2 Å². The van der Waals surface area contributed by atoms with Gasteiger partial charge in [0.25, 0.3) is 0 Å². The Labute approximate surface area is 76.3 Å². The zero-order valence-corrected chi connectivity index (χ0v) is 8.56. The highest BCUT2D eigenvalue weighted by Gasteiger charge is 2.19. The van der Waals surface area contributed by atoms with Crippen LogP contribution in [0.1, 0.15) is 33.6 Å². The van der Waals surface area contributed by atoms with E-state index in [9.17, 15) is 0 Å². The molecule has 0 aromatic heterocycles. The zero-order chi connectivity index (χ0) is 9.19. The van der Waals surface area contributed by atoms with E-state index in [1.165, 1.54) is 12.8 Å². The lowest BCUT2D eigenvalue weighted by atomic mass is 10.0. The number of nitrogens with one attached hydrogen (secondary N) is 1. The summed E-state index contributed by atoms with van der Waals surface area (Å²) in [5, 5.41) is 3.62. The standard InChI is InChI=1S/C10H21N2/c1-10(2,3)11-9-5-7-12(4)8-6-9/h9,11H,4-8H2,1-3H3/q-1. The number of hydrogen-bond donors (Lipinski definition) is 1. The maximum atomic E-state index is 3.93. The molecule has 12 heavy (non-hydrogen) atoms. The summed E-state index contributed by atoms with van der Waals surface area (Å²) in [6, 6.07) is 0.697. The van der Waals surface area contributed by atoms with Gasteiger partial charge < -0.3 is 10.2 Å². The summed E-state index contributed by atoms with van der Waals surface area (Å²) in [4.78, 5) is 2.15. The summed E-state index contributed by atoms with van der Waals surface area (Å²) < 4.78 is 0. The molecule has 0 atom stereocenters. The molecule has 1 fully saturated rings. The van der Waals surface area contributed by atoms with Crippen LogP contribution in [0.15, 0.2) is 0 Å². The minimum atomic E-state index is 0.258. The van der Waals surface area contributed by atoms with Gasteiger partial charge in [-0.25, -0.2) is 0 Å². The second kappa shape index (κ2) is 3.75. The molecule has 0 radical (unpaired) electrons. The van der Waals surface area contributed by atoms with Gasteiger partial charge in [-0.15, -0.1) is 0 Å². The zero-order valence-electron chi connectivity index (χ0n) is 8.56. The van der Waals surface area contributed by atoms with Crippen molar-refractivity contribution in [1.29, 1.82) is 0 Å². The first-order chi connectivity index (χ1) is 5.47. The normalized spacial score (nSPS) is 23.0. The van der Waals surface area contributed by atoms with Crippen molar-refractivity contribution in [2.75, 3.05) is 13.1 Å². The Hall–Kier alpha value is -0.0800. The van der Waals surface area contributed by atoms with E-state index in [2.05, 4.69) is 38.0 Å². The Kier molecular flexibility index (Phi) is 3.13. The summed E-state index contributed by atoms with van der Waals surface area (Å²) in [5.74, 6) is 0. The molecule has 1 aliphatic heterocycles. The lowest BCUT2D eigenvalue weighted by Gasteiger charge is -2.38. The molecule has 1 N–H and O–H groups in total. The molecular weight excluding hydrogens is 148 g/mol. The summed E-state index contributed by atoms with van der Waals surface area (Å²) in [7, 11) is 3.93. The number of hydrogen-bond acceptors (Lipinski definition) is 2. The summed E-state index contributed by atoms with van der Waals surface area (Å²) in [6.45, 7) is 8.94. The first-order valence-corrected chi connectivity index (χ1v) is 4.80. The Balaban J connectivity index is 2.26. The quantitative estimate of drug-likeness (QED) is 0.600. The van der Waals surface area contributed by atoms with Crippen molar-refractivity contribution in [3.05, 3.63) is 7.05 Å². The minimum Gasteiger partial charge on any atom is -0.459 e. The molecule has 2 heteroatoms. The predicted octanol–water partition coefficient (Wildman–Crippen LogP) is 1.63. The van der Waals surface area contributed by atoms with Gasteiger partial charge in [0.2, 0.25) is 0 Å². The van der Waals surface area contributed by atoms with E-state index >= 15 is 0 Å². The molecule has 1 heterocycles. The van der Waals surface area contributed by atoms with Gasteiger partial charge in [-0.2, -0.15) is 0 Å². The minimum absolute atomic E-state index is 0.258. The molecule has 0 saturated carbocycles. The van der Waals surface area contributed by atoms with Crippen molar-refractivity contribution >= 4 is 0 Å². The van der Waals surface area contributed by atoms with Gasteiger partial charge in [-0.1, -0.05) is 0 Å². The number of likely N-dealkylation sites (tertiary alicyclic amines) is 1. The Bertz CT molecular complexity index is 129. The van der Waals surface area contributed by atoms with Crippen LogP contribution in [0.25, 0.3) is 0 Å². The number of nitrogens with zero attached hydrogens (tertiary/aromatic N) is 1. The fraction of sp³-hybridized carbons (Fsp3) is 0.900. The van der Waals surface area contributed by atoms with Gasteiger partial charge in [-0.05, 0) is 46.7 Å². The Morgan fingerprint density at radius 3 is 2.17 bits per heavy atom. The largest absolute Gasteiger partial charge is 0.459 e. The molecule has 0 amide bonds. The topological polar surface area (TPSA) is 15.3 Å². The number of rotatable bonds is 1. The van der Waals surface area contributed by atoms with Gasteiger partial charge in [0, 0.05) is 11.6 Å². The van der Waals surface area contributed by atoms with E-state index < -0.39 is 0 Å². The maximum absolute atomic E-state index is 3.93. The van der Waals surface area contributed by atoms with E-state index in [0.717, 1.165) is 13.1 Å². The molecule has 0 aromatic rings. The lowest BCUT2D eigenvalue weighted by molar-refractivity contribution is 0.226. The van der Waals surface area contributed by atoms with Crippen molar-refractivity contribution in [2.24, 2.45) is 0 Å². The third-order valence-corrected chi connectivity index (χ3v) is 2.22. The fourth-order valence-corrected chi connectivity index (χ4v) is 1.69. The highest BCUT2D eigenvalue weighted by Crippen LogP contribution is 2.12. The highest BCUT2D eigenvalue weighted by atomic mass is 15.1. The van der Waals surface area contributed by atoms with Gasteiger partial charge in [0.05, 0.1) is 0 Å². The van der Waals surface area contributed by atoms with Crippen LogP contribution in [-0.4, -0.2) is 29.6 Å². The predicted molar refractivity (Wildman–Crippen MR) is 52.8 cm³/mol. The molecule has 0 aromatic carbocycles. The average molecular weight is 169 g/mol. The van der Waals surface area contributed by atoms with Crippen LogP contribution < -0.4 is 5.32 Å². The monoisotopic (exact) mass is 169 g/mol. The van der Waals surface area contributed by atoms with E-state index in [-0.39, 0.29) is 5.54 Å². The lowest BCUT2D eigenvalue weighted by Crippen LogP contribution is -2.48.